The number of aryl methyl sites for hydroxylation is 1. The molecule has 70 valence electrons. The maximum atomic E-state index is 11.1. The van der Waals surface area contributed by atoms with Crippen molar-refractivity contribution in [2.75, 3.05) is 5.75 Å². The molecule has 0 bridgehead atoms. The van der Waals surface area contributed by atoms with Crippen LogP contribution in [0, 0.1) is 6.92 Å². The standard InChI is InChI=1S/C7H9N3O2S/c1-4-5(11)8-6-10(9-4)7(2,12)3-13-6/h12H,3H2,1-2H3/t7-/m0/s1. The highest BCUT2D eigenvalue weighted by molar-refractivity contribution is 7.99. The lowest BCUT2D eigenvalue weighted by atomic mass is 10.3. The second-order valence-corrected chi connectivity index (χ2v) is 4.14. The highest BCUT2D eigenvalue weighted by Gasteiger charge is 2.34. The summed E-state index contributed by atoms with van der Waals surface area (Å²) in [5, 5.41) is 14.3. The fraction of sp³-hybridized carbons (Fsp3) is 0.571. The third-order valence-corrected chi connectivity index (χ3v) is 3.08. The Morgan fingerprint density at radius 2 is 2.38 bits per heavy atom. The number of hydrogen-bond acceptors (Lipinski definition) is 5. The van der Waals surface area contributed by atoms with Gasteiger partial charge in [0.2, 0.25) is 0 Å². The van der Waals surface area contributed by atoms with Crippen molar-refractivity contribution in [3.63, 3.8) is 0 Å². The van der Waals surface area contributed by atoms with E-state index in [4.69, 9.17) is 0 Å². The van der Waals surface area contributed by atoms with Crippen LogP contribution in [0.15, 0.2) is 9.95 Å². The molecule has 0 radical (unpaired) electrons. The Morgan fingerprint density at radius 3 is 3.08 bits per heavy atom. The van der Waals surface area contributed by atoms with Gasteiger partial charge in [0.15, 0.2) is 10.9 Å². The lowest BCUT2D eigenvalue weighted by Crippen LogP contribution is -2.33. The second-order valence-electron chi connectivity index (χ2n) is 3.20. The highest BCUT2D eigenvalue weighted by Crippen LogP contribution is 2.31. The highest BCUT2D eigenvalue weighted by atomic mass is 32.2. The van der Waals surface area contributed by atoms with E-state index in [1.807, 2.05) is 0 Å². The molecular formula is C7H9N3O2S. The molecule has 0 spiro atoms. The molecule has 1 aliphatic rings. The smallest absolute Gasteiger partial charge is 0.295 e. The van der Waals surface area contributed by atoms with Gasteiger partial charge >= 0.3 is 0 Å². The van der Waals surface area contributed by atoms with Crippen LogP contribution in [0.5, 0.6) is 0 Å². The van der Waals surface area contributed by atoms with Crippen molar-refractivity contribution < 1.29 is 5.11 Å². The predicted molar refractivity (Wildman–Crippen MR) is 47.6 cm³/mol. The van der Waals surface area contributed by atoms with Crippen molar-refractivity contribution >= 4 is 11.8 Å². The topological polar surface area (TPSA) is 68.0 Å². The summed E-state index contributed by atoms with van der Waals surface area (Å²) in [5.74, 6) is 0.482. The molecule has 1 aromatic heterocycles. The van der Waals surface area contributed by atoms with Gasteiger partial charge in [0.05, 0.1) is 5.75 Å². The number of thioether (sulfide) groups is 1. The molecule has 13 heavy (non-hydrogen) atoms. The number of aliphatic hydroxyl groups is 1. The van der Waals surface area contributed by atoms with Crippen molar-refractivity contribution in [2.45, 2.75) is 24.7 Å². The first-order valence-electron chi connectivity index (χ1n) is 3.84. The van der Waals surface area contributed by atoms with Gasteiger partial charge in [-0.15, -0.1) is 0 Å². The van der Waals surface area contributed by atoms with E-state index < -0.39 is 5.72 Å². The predicted octanol–water partition coefficient (Wildman–Crippen LogP) is -0.283. The van der Waals surface area contributed by atoms with Gasteiger partial charge in [0.1, 0.15) is 5.69 Å². The Bertz CT molecular complexity index is 413. The normalized spacial score (nSPS) is 26.1. The lowest BCUT2D eigenvalue weighted by molar-refractivity contribution is -0.0111. The third-order valence-electron chi connectivity index (χ3n) is 1.87. The number of rotatable bonds is 0. The van der Waals surface area contributed by atoms with Crippen LogP contribution >= 0.6 is 11.8 Å². The number of hydrogen-bond donors (Lipinski definition) is 1. The summed E-state index contributed by atoms with van der Waals surface area (Å²) in [6.07, 6.45) is 0. The van der Waals surface area contributed by atoms with Crippen molar-refractivity contribution in [1.82, 2.24) is 14.8 Å². The summed E-state index contributed by atoms with van der Waals surface area (Å²) in [4.78, 5) is 14.9. The fourth-order valence-electron chi connectivity index (χ4n) is 1.12. The lowest BCUT2D eigenvalue weighted by Gasteiger charge is -2.17. The Labute approximate surface area is 78.8 Å². The first kappa shape index (κ1) is 8.71. The summed E-state index contributed by atoms with van der Waals surface area (Å²) >= 11 is 1.34. The summed E-state index contributed by atoms with van der Waals surface area (Å²) in [7, 11) is 0. The minimum Gasteiger partial charge on any atom is -0.368 e. The van der Waals surface area contributed by atoms with Gasteiger partial charge in [-0.2, -0.15) is 10.1 Å². The second kappa shape index (κ2) is 2.55. The number of nitrogens with zero attached hydrogens (tertiary/aromatic N) is 3. The van der Waals surface area contributed by atoms with Gasteiger partial charge in [-0.1, -0.05) is 11.8 Å². The Balaban J connectivity index is 2.67. The van der Waals surface area contributed by atoms with E-state index >= 15 is 0 Å². The maximum absolute atomic E-state index is 11.1. The van der Waals surface area contributed by atoms with Gasteiger partial charge in [-0.25, -0.2) is 4.68 Å². The number of fused-ring (bicyclic) bond motifs is 1. The SMILES string of the molecule is Cc1nn2c(nc1=O)SC[C@]2(C)O. The minimum absolute atomic E-state index is 0.312. The van der Waals surface area contributed by atoms with Gasteiger partial charge in [0.25, 0.3) is 5.56 Å². The van der Waals surface area contributed by atoms with E-state index in [1.54, 1.807) is 13.8 Å². The van der Waals surface area contributed by atoms with Crippen molar-refractivity contribution in [1.29, 1.82) is 0 Å². The van der Waals surface area contributed by atoms with Crippen LogP contribution in [0.2, 0.25) is 0 Å². The molecule has 2 heterocycles. The fourth-order valence-corrected chi connectivity index (χ4v) is 2.15. The van der Waals surface area contributed by atoms with Crippen LogP contribution in [0.1, 0.15) is 12.6 Å². The monoisotopic (exact) mass is 199 g/mol. The first-order chi connectivity index (χ1) is 6.00. The molecule has 0 saturated carbocycles. The van der Waals surface area contributed by atoms with Crippen LogP contribution in [-0.2, 0) is 5.72 Å². The van der Waals surface area contributed by atoms with E-state index in [-0.39, 0.29) is 5.56 Å². The van der Waals surface area contributed by atoms with Crippen LogP contribution in [0.3, 0.4) is 0 Å². The molecule has 0 saturated heterocycles. The zero-order chi connectivity index (χ0) is 9.64. The van der Waals surface area contributed by atoms with E-state index in [9.17, 15) is 9.90 Å². The van der Waals surface area contributed by atoms with Crippen LogP contribution in [0.4, 0.5) is 0 Å². The van der Waals surface area contributed by atoms with E-state index in [0.29, 0.717) is 16.6 Å². The summed E-state index contributed by atoms with van der Waals surface area (Å²) < 4.78 is 1.40. The van der Waals surface area contributed by atoms with Crippen LogP contribution < -0.4 is 5.56 Å². The quantitative estimate of drug-likeness (QED) is 0.622. The van der Waals surface area contributed by atoms with Gasteiger partial charge in [-0.05, 0) is 13.8 Å². The average Bonchev–Trinajstić information content (AvgIpc) is 2.31. The van der Waals surface area contributed by atoms with Gasteiger partial charge in [-0.3, -0.25) is 4.79 Å². The molecule has 1 aliphatic heterocycles. The molecule has 5 nitrogen and oxygen atoms in total. The Hall–Kier alpha value is -0.880. The minimum atomic E-state index is -1.02. The zero-order valence-corrected chi connectivity index (χ0v) is 8.13. The Morgan fingerprint density at radius 1 is 1.69 bits per heavy atom. The van der Waals surface area contributed by atoms with E-state index in [1.165, 1.54) is 16.4 Å². The molecule has 0 amide bonds. The van der Waals surface area contributed by atoms with Gasteiger partial charge in [0, 0.05) is 0 Å². The average molecular weight is 199 g/mol. The Kier molecular flexibility index (Phi) is 1.71. The molecule has 6 heteroatoms. The molecule has 1 N–H and O–H groups in total. The molecule has 0 aromatic carbocycles. The van der Waals surface area contributed by atoms with E-state index in [0.717, 1.165) is 0 Å². The van der Waals surface area contributed by atoms with E-state index in [2.05, 4.69) is 10.1 Å². The molecular weight excluding hydrogens is 190 g/mol. The zero-order valence-electron chi connectivity index (χ0n) is 7.31. The molecule has 0 fully saturated rings. The van der Waals surface area contributed by atoms with Gasteiger partial charge < -0.3 is 5.11 Å². The van der Waals surface area contributed by atoms with Crippen molar-refractivity contribution in [2.24, 2.45) is 0 Å². The molecule has 1 atom stereocenters. The molecule has 0 aliphatic carbocycles. The first-order valence-corrected chi connectivity index (χ1v) is 4.83. The summed E-state index contributed by atoms with van der Waals surface area (Å²) in [6.45, 7) is 3.23. The largest absolute Gasteiger partial charge is 0.368 e. The van der Waals surface area contributed by atoms with Crippen LogP contribution in [0.25, 0.3) is 0 Å². The molecule has 2 rings (SSSR count). The summed E-state index contributed by atoms with van der Waals surface area (Å²) in [6, 6.07) is 0. The molecule has 1 aromatic rings. The maximum Gasteiger partial charge on any atom is 0.295 e. The third kappa shape index (κ3) is 1.26. The van der Waals surface area contributed by atoms with Crippen LogP contribution in [-0.4, -0.2) is 25.6 Å². The molecule has 0 unspecified atom stereocenters. The van der Waals surface area contributed by atoms with Crippen molar-refractivity contribution in [3.05, 3.63) is 16.0 Å². The number of aromatic nitrogens is 3. The van der Waals surface area contributed by atoms with Crippen molar-refractivity contribution in [3.8, 4) is 0 Å². The summed E-state index contributed by atoms with van der Waals surface area (Å²) in [5.41, 5.74) is -1.03.